The van der Waals surface area contributed by atoms with Crippen LogP contribution in [0.15, 0.2) is 18.2 Å². The highest BCUT2D eigenvalue weighted by Crippen LogP contribution is 2.27. The van der Waals surface area contributed by atoms with Crippen LogP contribution in [0.3, 0.4) is 0 Å². The second kappa shape index (κ2) is 2.11. The predicted octanol–water partition coefficient (Wildman–Crippen LogP) is 1.04. The summed E-state index contributed by atoms with van der Waals surface area (Å²) in [4.78, 5) is 0. The first kappa shape index (κ1) is 6.45. The van der Waals surface area contributed by atoms with E-state index in [0.29, 0.717) is 0 Å². The number of nitrogens with one attached hydrogen (secondary N) is 2. The standard InChI is InChI=1S/C7H9N3O/c1-5-2-3-7-6(4-5)8-9-10(7)11/h2-4,8-9,11H,1H3. The van der Waals surface area contributed by atoms with Gasteiger partial charge in [-0.25, -0.2) is 0 Å². The Morgan fingerprint density at radius 2 is 2.27 bits per heavy atom. The molecule has 0 bridgehead atoms. The van der Waals surface area contributed by atoms with E-state index in [1.165, 1.54) is 0 Å². The molecule has 0 amide bonds. The van der Waals surface area contributed by atoms with Gasteiger partial charge < -0.3 is 0 Å². The third-order valence-corrected chi connectivity index (χ3v) is 1.68. The molecule has 3 N–H and O–H groups in total. The highest BCUT2D eigenvalue weighted by atomic mass is 16.6. The molecule has 0 fully saturated rings. The third kappa shape index (κ3) is 0.923. The van der Waals surface area contributed by atoms with E-state index >= 15 is 0 Å². The molecule has 0 aromatic heterocycles. The molecular formula is C7H9N3O. The lowest BCUT2D eigenvalue weighted by molar-refractivity contribution is 0.230. The molecule has 11 heavy (non-hydrogen) atoms. The summed E-state index contributed by atoms with van der Waals surface area (Å²) in [5.41, 5.74) is 8.17. The second-order valence-electron chi connectivity index (χ2n) is 2.57. The van der Waals surface area contributed by atoms with Crippen LogP contribution in [0.5, 0.6) is 0 Å². The molecule has 0 saturated heterocycles. The lowest BCUT2D eigenvalue weighted by atomic mass is 10.2. The lowest BCUT2D eigenvalue weighted by Gasteiger charge is -2.06. The summed E-state index contributed by atoms with van der Waals surface area (Å²) in [6.45, 7) is 2.00. The smallest absolute Gasteiger partial charge is 0.108 e. The van der Waals surface area contributed by atoms with Crippen molar-refractivity contribution >= 4 is 11.4 Å². The van der Waals surface area contributed by atoms with Gasteiger partial charge in [-0.15, -0.1) is 5.53 Å². The zero-order valence-electron chi connectivity index (χ0n) is 6.13. The summed E-state index contributed by atoms with van der Waals surface area (Å²) in [6, 6.07) is 5.74. The van der Waals surface area contributed by atoms with Gasteiger partial charge in [0.1, 0.15) is 5.69 Å². The maximum Gasteiger partial charge on any atom is 0.108 e. The Morgan fingerprint density at radius 1 is 1.45 bits per heavy atom. The van der Waals surface area contributed by atoms with E-state index in [9.17, 15) is 0 Å². The highest BCUT2D eigenvalue weighted by Gasteiger charge is 2.15. The van der Waals surface area contributed by atoms with Crippen LogP contribution in [0.25, 0.3) is 0 Å². The highest BCUT2D eigenvalue weighted by molar-refractivity contribution is 5.72. The fraction of sp³-hybridized carbons (Fsp3) is 0.143. The Morgan fingerprint density at radius 3 is 3.09 bits per heavy atom. The van der Waals surface area contributed by atoms with Crippen LogP contribution in [0.4, 0.5) is 11.4 Å². The van der Waals surface area contributed by atoms with Crippen LogP contribution in [0.2, 0.25) is 0 Å². The SMILES string of the molecule is Cc1ccc2c(c1)NNN2O. The minimum absolute atomic E-state index is 0.746. The van der Waals surface area contributed by atoms with Crippen molar-refractivity contribution in [1.29, 1.82) is 0 Å². The average Bonchev–Trinajstić information content (AvgIpc) is 2.32. The van der Waals surface area contributed by atoms with Gasteiger partial charge in [-0.3, -0.25) is 10.6 Å². The molecule has 0 spiro atoms. The number of nitrogens with zero attached hydrogens (tertiary/aromatic N) is 1. The van der Waals surface area contributed by atoms with Crippen molar-refractivity contribution in [2.45, 2.75) is 6.92 Å². The molecule has 2 rings (SSSR count). The Bertz CT molecular complexity index is 287. The van der Waals surface area contributed by atoms with Crippen molar-refractivity contribution in [3.8, 4) is 0 Å². The Kier molecular flexibility index (Phi) is 1.24. The molecule has 4 nitrogen and oxygen atoms in total. The van der Waals surface area contributed by atoms with Gasteiger partial charge in [0.15, 0.2) is 0 Å². The number of hydrogen-bond acceptors (Lipinski definition) is 4. The average molecular weight is 151 g/mol. The normalized spacial score (nSPS) is 14.5. The van der Waals surface area contributed by atoms with E-state index in [4.69, 9.17) is 5.21 Å². The monoisotopic (exact) mass is 151 g/mol. The summed E-state index contributed by atoms with van der Waals surface area (Å²) in [5, 5.41) is 10.1. The number of anilines is 2. The van der Waals surface area contributed by atoms with E-state index in [1.807, 2.05) is 25.1 Å². The van der Waals surface area contributed by atoms with Crippen molar-refractivity contribution in [1.82, 2.24) is 5.53 Å². The first-order valence-electron chi connectivity index (χ1n) is 3.39. The Hall–Kier alpha value is -1.26. The van der Waals surface area contributed by atoms with Crippen LogP contribution in [-0.4, -0.2) is 5.21 Å². The molecular weight excluding hydrogens is 142 g/mol. The van der Waals surface area contributed by atoms with Gasteiger partial charge in [0.2, 0.25) is 0 Å². The Labute approximate surface area is 64.3 Å². The van der Waals surface area contributed by atoms with Crippen LogP contribution in [0.1, 0.15) is 5.56 Å². The minimum Gasteiger partial charge on any atom is -0.300 e. The van der Waals surface area contributed by atoms with Crippen LogP contribution < -0.4 is 16.1 Å². The van der Waals surface area contributed by atoms with Gasteiger partial charge >= 0.3 is 0 Å². The summed E-state index contributed by atoms with van der Waals surface area (Å²) in [6.07, 6.45) is 0. The molecule has 0 radical (unpaired) electrons. The van der Waals surface area contributed by atoms with Gasteiger partial charge in [-0.2, -0.15) is 5.17 Å². The predicted molar refractivity (Wildman–Crippen MR) is 42.2 cm³/mol. The number of hydrazine groups is 2. The van der Waals surface area contributed by atoms with Crippen LogP contribution >= 0.6 is 0 Å². The van der Waals surface area contributed by atoms with Crippen molar-refractivity contribution < 1.29 is 5.21 Å². The van der Waals surface area contributed by atoms with Crippen LogP contribution in [-0.2, 0) is 0 Å². The van der Waals surface area contributed by atoms with Crippen LogP contribution in [0, 0.1) is 6.92 Å². The fourth-order valence-corrected chi connectivity index (χ4v) is 1.11. The summed E-state index contributed by atoms with van der Waals surface area (Å²) in [7, 11) is 0. The topological polar surface area (TPSA) is 47.5 Å². The van der Waals surface area contributed by atoms with Crippen molar-refractivity contribution in [3.05, 3.63) is 23.8 Å². The Balaban J connectivity index is 2.50. The van der Waals surface area contributed by atoms with Gasteiger partial charge in [-0.05, 0) is 24.6 Å². The number of aryl methyl sites for hydroxylation is 1. The molecule has 1 aromatic rings. The fourth-order valence-electron chi connectivity index (χ4n) is 1.11. The molecule has 0 aliphatic carbocycles. The van der Waals surface area contributed by atoms with Crippen molar-refractivity contribution in [2.24, 2.45) is 0 Å². The van der Waals surface area contributed by atoms with Gasteiger partial charge in [0, 0.05) is 0 Å². The molecule has 1 aliphatic heterocycles. The molecule has 4 heteroatoms. The first-order chi connectivity index (χ1) is 5.27. The zero-order valence-corrected chi connectivity index (χ0v) is 6.13. The minimum atomic E-state index is 0.746. The molecule has 1 heterocycles. The first-order valence-corrected chi connectivity index (χ1v) is 3.39. The molecule has 0 atom stereocenters. The van der Waals surface area contributed by atoms with Gasteiger partial charge in [-0.1, -0.05) is 6.07 Å². The van der Waals surface area contributed by atoms with E-state index in [1.54, 1.807) is 0 Å². The zero-order chi connectivity index (χ0) is 7.84. The summed E-state index contributed by atoms with van der Waals surface area (Å²) in [5.74, 6) is 0. The lowest BCUT2D eigenvalue weighted by Crippen LogP contribution is -2.32. The molecule has 1 aliphatic rings. The molecule has 0 unspecified atom stereocenters. The third-order valence-electron chi connectivity index (χ3n) is 1.68. The number of benzene rings is 1. The van der Waals surface area contributed by atoms with E-state index in [2.05, 4.69) is 11.0 Å². The number of fused-ring (bicyclic) bond motifs is 1. The summed E-state index contributed by atoms with van der Waals surface area (Å²) < 4.78 is 0. The summed E-state index contributed by atoms with van der Waals surface area (Å²) >= 11 is 0. The number of hydrogen-bond donors (Lipinski definition) is 3. The number of rotatable bonds is 0. The largest absolute Gasteiger partial charge is 0.300 e. The maximum atomic E-state index is 9.13. The van der Waals surface area contributed by atoms with Gasteiger partial charge in [0.25, 0.3) is 0 Å². The maximum absolute atomic E-state index is 9.13. The molecule has 1 aromatic carbocycles. The van der Waals surface area contributed by atoms with Gasteiger partial charge in [0.05, 0.1) is 5.69 Å². The van der Waals surface area contributed by atoms with E-state index in [-0.39, 0.29) is 0 Å². The quantitative estimate of drug-likeness (QED) is 0.518. The van der Waals surface area contributed by atoms with E-state index < -0.39 is 0 Å². The van der Waals surface area contributed by atoms with Crippen molar-refractivity contribution in [2.75, 3.05) is 10.6 Å². The second-order valence-corrected chi connectivity index (χ2v) is 2.57. The molecule has 0 saturated carbocycles. The molecule has 58 valence electrons. The van der Waals surface area contributed by atoms with Crippen molar-refractivity contribution in [3.63, 3.8) is 0 Å². The van der Waals surface area contributed by atoms with E-state index in [0.717, 1.165) is 22.1 Å².